The zero-order chi connectivity index (χ0) is 12.1. The molecule has 0 aliphatic carbocycles. The van der Waals surface area contributed by atoms with E-state index in [-0.39, 0.29) is 11.9 Å². The monoisotopic (exact) mass is 289 g/mol. The van der Waals surface area contributed by atoms with Crippen molar-refractivity contribution in [1.29, 1.82) is 0 Å². The molecule has 0 aliphatic heterocycles. The summed E-state index contributed by atoms with van der Waals surface area (Å²) in [6.07, 6.45) is 0. The fraction of sp³-hybridized carbons (Fsp3) is 0.500. The molecule has 0 aliphatic rings. The normalized spacial score (nSPS) is 13.1. The van der Waals surface area contributed by atoms with Crippen LogP contribution >= 0.6 is 15.9 Å². The minimum Gasteiger partial charge on any atom is -0.301 e. The highest BCUT2D eigenvalue weighted by molar-refractivity contribution is 9.10. The van der Waals surface area contributed by atoms with Crippen LogP contribution in [0.15, 0.2) is 22.7 Å². The van der Waals surface area contributed by atoms with Crippen LogP contribution in [0.3, 0.4) is 0 Å². The van der Waals surface area contributed by atoms with E-state index in [1.54, 1.807) is 6.07 Å². The van der Waals surface area contributed by atoms with Gasteiger partial charge in [0.1, 0.15) is 5.82 Å². The van der Waals surface area contributed by atoms with Gasteiger partial charge < -0.3 is 4.84 Å². The van der Waals surface area contributed by atoms with Crippen LogP contribution in [-0.2, 0) is 4.84 Å². The molecule has 1 unspecified atom stereocenters. The second kappa shape index (κ2) is 6.33. The van der Waals surface area contributed by atoms with Gasteiger partial charge in [-0.25, -0.2) is 4.39 Å². The first-order valence-corrected chi connectivity index (χ1v) is 6.12. The second-order valence-electron chi connectivity index (χ2n) is 4.21. The summed E-state index contributed by atoms with van der Waals surface area (Å²) in [5, 5.41) is 0. The molecule has 0 radical (unpaired) electrons. The molecule has 0 spiro atoms. The van der Waals surface area contributed by atoms with E-state index < -0.39 is 0 Å². The minimum absolute atomic E-state index is 0.0220. The quantitative estimate of drug-likeness (QED) is 0.832. The Bertz CT molecular complexity index is 344. The highest BCUT2D eigenvalue weighted by Crippen LogP contribution is 2.24. The third kappa shape index (κ3) is 4.20. The van der Waals surface area contributed by atoms with Crippen molar-refractivity contribution in [1.82, 2.24) is 5.48 Å². The highest BCUT2D eigenvalue weighted by Gasteiger charge is 2.10. The molecule has 1 atom stereocenters. The fourth-order valence-electron chi connectivity index (χ4n) is 1.26. The highest BCUT2D eigenvalue weighted by atomic mass is 79.9. The number of nitrogens with one attached hydrogen (secondary N) is 1. The molecule has 0 bridgehead atoms. The largest absolute Gasteiger partial charge is 0.301 e. The average molecular weight is 290 g/mol. The second-order valence-corrected chi connectivity index (χ2v) is 5.06. The van der Waals surface area contributed by atoms with Crippen LogP contribution in [0.4, 0.5) is 4.39 Å². The summed E-state index contributed by atoms with van der Waals surface area (Å²) in [7, 11) is 0. The van der Waals surface area contributed by atoms with E-state index in [1.807, 2.05) is 6.92 Å². The third-order valence-corrected chi connectivity index (χ3v) is 2.79. The molecule has 4 heteroatoms. The summed E-state index contributed by atoms with van der Waals surface area (Å²) in [4.78, 5) is 5.33. The first kappa shape index (κ1) is 13.6. The Morgan fingerprint density at radius 1 is 1.38 bits per heavy atom. The maximum Gasteiger partial charge on any atom is 0.124 e. The van der Waals surface area contributed by atoms with E-state index in [0.717, 1.165) is 10.0 Å². The van der Waals surface area contributed by atoms with Crippen LogP contribution in [0.5, 0.6) is 0 Å². The van der Waals surface area contributed by atoms with Gasteiger partial charge in [-0.1, -0.05) is 35.8 Å². The van der Waals surface area contributed by atoms with E-state index in [0.29, 0.717) is 12.5 Å². The van der Waals surface area contributed by atoms with Gasteiger partial charge in [0.05, 0.1) is 12.6 Å². The first-order valence-electron chi connectivity index (χ1n) is 5.33. The Labute approximate surface area is 104 Å². The van der Waals surface area contributed by atoms with Crippen molar-refractivity contribution in [3.8, 4) is 0 Å². The summed E-state index contributed by atoms with van der Waals surface area (Å²) in [6.45, 7) is 6.79. The number of halogens is 2. The van der Waals surface area contributed by atoms with E-state index in [9.17, 15) is 4.39 Å². The van der Waals surface area contributed by atoms with Crippen LogP contribution in [-0.4, -0.2) is 6.61 Å². The molecule has 1 N–H and O–H groups in total. The van der Waals surface area contributed by atoms with Crippen LogP contribution in [0.2, 0.25) is 0 Å². The van der Waals surface area contributed by atoms with E-state index in [4.69, 9.17) is 4.84 Å². The predicted octanol–water partition coefficient (Wildman–Crippen LogP) is 3.83. The van der Waals surface area contributed by atoms with Crippen molar-refractivity contribution in [3.05, 3.63) is 34.1 Å². The van der Waals surface area contributed by atoms with Gasteiger partial charge in [0.2, 0.25) is 0 Å². The number of benzene rings is 1. The third-order valence-electron chi connectivity index (χ3n) is 2.11. The lowest BCUT2D eigenvalue weighted by atomic mass is 10.1. The van der Waals surface area contributed by atoms with Gasteiger partial charge >= 0.3 is 0 Å². The van der Waals surface area contributed by atoms with Gasteiger partial charge in [0.25, 0.3) is 0 Å². The minimum atomic E-state index is -0.245. The molecule has 0 fully saturated rings. The smallest absolute Gasteiger partial charge is 0.124 e. The van der Waals surface area contributed by atoms with E-state index in [1.165, 1.54) is 12.1 Å². The fourth-order valence-corrected chi connectivity index (χ4v) is 1.95. The standard InChI is InChI=1S/C12H17BrFNO/c1-8(2)7-16-15-9(3)11-5-4-10(14)6-12(11)13/h4-6,8-9,15H,7H2,1-3H3. The van der Waals surface area contributed by atoms with Gasteiger partial charge in [-0.3, -0.25) is 0 Å². The van der Waals surface area contributed by atoms with Gasteiger partial charge in [-0.15, -0.1) is 0 Å². The molecule has 0 heterocycles. The van der Waals surface area contributed by atoms with Crippen molar-refractivity contribution in [3.63, 3.8) is 0 Å². The van der Waals surface area contributed by atoms with Crippen molar-refractivity contribution >= 4 is 15.9 Å². The average Bonchev–Trinajstić information content (AvgIpc) is 2.16. The Morgan fingerprint density at radius 2 is 2.06 bits per heavy atom. The number of hydrogen-bond acceptors (Lipinski definition) is 2. The Kier molecular flexibility index (Phi) is 5.38. The SMILES string of the molecule is CC(C)CONC(C)c1ccc(F)cc1Br. The molecule has 16 heavy (non-hydrogen) atoms. The van der Waals surface area contributed by atoms with Gasteiger partial charge in [-0.05, 0) is 30.5 Å². The van der Waals surface area contributed by atoms with Crippen molar-refractivity contribution in [2.75, 3.05) is 6.61 Å². The summed E-state index contributed by atoms with van der Waals surface area (Å²) >= 11 is 3.33. The topological polar surface area (TPSA) is 21.3 Å². The molecular formula is C12H17BrFNO. The maximum atomic E-state index is 12.9. The molecule has 0 saturated carbocycles. The number of rotatable bonds is 5. The van der Waals surface area contributed by atoms with Crippen molar-refractivity contribution in [2.24, 2.45) is 5.92 Å². The number of hydroxylamine groups is 1. The zero-order valence-electron chi connectivity index (χ0n) is 9.76. The molecule has 0 saturated heterocycles. The molecule has 0 amide bonds. The lowest BCUT2D eigenvalue weighted by molar-refractivity contribution is 0.00394. The molecular weight excluding hydrogens is 273 g/mol. The van der Waals surface area contributed by atoms with Crippen LogP contribution in [0, 0.1) is 11.7 Å². The van der Waals surface area contributed by atoms with E-state index >= 15 is 0 Å². The van der Waals surface area contributed by atoms with Crippen LogP contribution in [0.25, 0.3) is 0 Å². The Hall–Kier alpha value is -0.450. The molecule has 90 valence electrons. The Balaban J connectivity index is 2.55. The van der Waals surface area contributed by atoms with E-state index in [2.05, 4.69) is 35.3 Å². The molecule has 0 aromatic heterocycles. The lowest BCUT2D eigenvalue weighted by Crippen LogP contribution is -2.21. The summed E-state index contributed by atoms with van der Waals surface area (Å²) in [5.41, 5.74) is 3.92. The lowest BCUT2D eigenvalue weighted by Gasteiger charge is -2.16. The van der Waals surface area contributed by atoms with Gasteiger partial charge in [0.15, 0.2) is 0 Å². The molecule has 1 aromatic carbocycles. The molecule has 1 rings (SSSR count). The van der Waals surface area contributed by atoms with Crippen LogP contribution in [0.1, 0.15) is 32.4 Å². The molecule has 1 aromatic rings. The summed E-state index contributed by atoms with van der Waals surface area (Å²) < 4.78 is 13.6. The maximum absolute atomic E-state index is 12.9. The van der Waals surface area contributed by atoms with Crippen LogP contribution < -0.4 is 5.48 Å². The first-order chi connectivity index (χ1) is 7.50. The predicted molar refractivity (Wildman–Crippen MR) is 66.4 cm³/mol. The number of hydrogen-bond donors (Lipinski definition) is 1. The molecule has 2 nitrogen and oxygen atoms in total. The van der Waals surface area contributed by atoms with Crippen molar-refractivity contribution < 1.29 is 9.23 Å². The Morgan fingerprint density at radius 3 is 2.62 bits per heavy atom. The van der Waals surface area contributed by atoms with Gasteiger partial charge in [-0.2, -0.15) is 5.48 Å². The summed E-state index contributed by atoms with van der Waals surface area (Å²) in [6, 6.07) is 4.67. The van der Waals surface area contributed by atoms with Gasteiger partial charge in [0, 0.05) is 4.47 Å². The summed E-state index contributed by atoms with van der Waals surface area (Å²) in [5.74, 6) is 0.238. The zero-order valence-corrected chi connectivity index (χ0v) is 11.3. The van der Waals surface area contributed by atoms with Crippen molar-refractivity contribution in [2.45, 2.75) is 26.8 Å².